The fourth-order valence-corrected chi connectivity index (χ4v) is 12.7. The summed E-state index contributed by atoms with van der Waals surface area (Å²) in [7, 11) is 11.4. The van der Waals surface area contributed by atoms with E-state index in [4.69, 9.17) is 66.8 Å². The summed E-state index contributed by atoms with van der Waals surface area (Å²) in [6.07, 6.45) is 12.0. The summed E-state index contributed by atoms with van der Waals surface area (Å²) in [6.45, 7) is 14.3. The molecule has 6 aromatic heterocycles. The molecular weight excluding hydrogens is 1640 g/mol. The summed E-state index contributed by atoms with van der Waals surface area (Å²) in [5.41, 5.74) is 21.5. The Balaban J connectivity index is 0.000000161. The highest BCUT2D eigenvalue weighted by Crippen LogP contribution is 2.39. The van der Waals surface area contributed by atoms with Crippen molar-refractivity contribution < 1.29 is 47.6 Å². The van der Waals surface area contributed by atoms with Crippen molar-refractivity contribution in [3.8, 4) is 85.3 Å². The van der Waals surface area contributed by atoms with Crippen LogP contribution in [0.5, 0.6) is 34.5 Å². The summed E-state index contributed by atoms with van der Waals surface area (Å²) in [5, 5.41) is 24.7. The molecule has 0 spiro atoms. The van der Waals surface area contributed by atoms with Crippen LogP contribution in [0.1, 0.15) is 54.4 Å². The zero-order valence-electron chi connectivity index (χ0n) is 73.1. The fourth-order valence-electron chi connectivity index (χ4n) is 12.6. The number of fused-ring (bicyclic) bond motifs is 3. The Kier molecular flexibility index (Phi) is 31.2. The Bertz CT molecular complexity index is 6260. The average molecular weight is 1740 g/mol. The molecule has 1 fully saturated rings. The Hall–Kier alpha value is -15.2. The van der Waals surface area contributed by atoms with Crippen LogP contribution in [0, 0.1) is 0 Å². The Morgan fingerprint density at radius 3 is 1.13 bits per heavy atom. The van der Waals surface area contributed by atoms with Gasteiger partial charge in [-0.1, -0.05) is 66.7 Å². The number of anilines is 6. The number of allylic oxidation sites excluding steroid dienone is 1. The van der Waals surface area contributed by atoms with Gasteiger partial charge in [0.25, 0.3) is 0 Å². The standard InChI is InChI=1S/C30H29N7O2.C29H28N6O3.C28H26N6O3.C6H10ClNO.C4H8O/c1-35(2)19-7-10-26(38)36(3)22-13-15-23(16-14-22)37-30-27(29(31)32-20-33-30)28(34-37)21-11-17-25(18-12-21)39-24-8-5-4-6-9-24;1-29(2,3)38-28(36)33-26-24-25(19-10-16-23(17-11-19)37-22-8-6-5-7-9-22)34-35(27(24)32-18-31-26)21-14-12-20(30-4)13-15-21;1-28(2,3)37-27(35)32-25-23-24(18-9-15-22(16-10-18)36-21-7-5-4-6-8-21)33-34(26(23)31-17-30-25)20-13-11-19(29)12-14-20;1-8(2)5-3-4-6(7)9;1-2-4-5-3-1/h4-18,20H,19H2,1-3H3,(H2,31,32,33);5-18,30H,1-4H3,(H,31,32,33,36);4-17H,29H2,1-3H3,(H,30,31,32,35);3-4H,5H2,1-2H3;1-4H2/b10-7+;;;4-3+;. The first-order valence-electron chi connectivity index (χ1n) is 41.0. The summed E-state index contributed by atoms with van der Waals surface area (Å²) < 4.78 is 38.8. The van der Waals surface area contributed by atoms with E-state index in [-0.39, 0.29) is 5.91 Å². The first kappa shape index (κ1) is 92.0. The molecule has 656 valence electrons. The molecule has 0 bridgehead atoms. The van der Waals surface area contributed by atoms with Crippen molar-refractivity contribution in [2.24, 2.45) is 0 Å². The zero-order chi connectivity index (χ0) is 90.9. The largest absolute Gasteiger partial charge is 0.457 e. The third-order valence-electron chi connectivity index (χ3n) is 18.6. The summed E-state index contributed by atoms with van der Waals surface area (Å²) in [4.78, 5) is 79.8. The molecule has 0 unspecified atom stereocenters. The number of nitrogen functional groups attached to an aromatic ring is 2. The van der Waals surface area contributed by atoms with Crippen LogP contribution in [0.15, 0.2) is 280 Å². The summed E-state index contributed by atoms with van der Waals surface area (Å²) >= 11 is 5.02. The van der Waals surface area contributed by atoms with Crippen LogP contribution in [-0.4, -0.2) is 172 Å². The molecule has 0 atom stereocenters. The number of benzene rings is 9. The minimum absolute atomic E-state index is 0.100. The van der Waals surface area contributed by atoms with Gasteiger partial charge in [-0.3, -0.25) is 20.2 Å². The van der Waals surface area contributed by atoms with Gasteiger partial charge in [-0.2, -0.15) is 15.3 Å². The monoisotopic (exact) mass is 1740 g/mol. The van der Waals surface area contributed by atoms with Gasteiger partial charge in [-0.05, 0) is 282 Å². The van der Waals surface area contributed by atoms with Crippen LogP contribution in [0.3, 0.4) is 0 Å². The number of likely N-dealkylation sites (N-methyl/N-ethyl adjacent to an activating group) is 3. The Morgan fingerprint density at radius 2 is 0.781 bits per heavy atom. The number of nitrogens with two attached hydrogens (primary N) is 2. The lowest BCUT2D eigenvalue weighted by molar-refractivity contribution is -0.114. The minimum Gasteiger partial charge on any atom is -0.457 e. The number of carbonyl (C=O) groups is 4. The molecule has 1 aliphatic heterocycles. The highest BCUT2D eigenvalue weighted by molar-refractivity contribution is 6.66. The van der Waals surface area contributed by atoms with Crippen LogP contribution < -0.4 is 46.5 Å². The second kappa shape index (κ2) is 43.4. The van der Waals surface area contributed by atoms with Crippen molar-refractivity contribution in [3.63, 3.8) is 0 Å². The molecule has 7 heterocycles. The van der Waals surface area contributed by atoms with E-state index in [9.17, 15) is 19.2 Å². The van der Waals surface area contributed by atoms with Crippen molar-refractivity contribution in [2.75, 3.05) is 101 Å². The van der Waals surface area contributed by atoms with Gasteiger partial charge in [0, 0.05) is 80.2 Å². The number of nitrogens with zero attached hydrogens (tertiary/aromatic N) is 15. The molecule has 1 aliphatic rings. The minimum atomic E-state index is -0.665. The van der Waals surface area contributed by atoms with Crippen LogP contribution in [-0.2, 0) is 23.8 Å². The number of halogens is 1. The van der Waals surface area contributed by atoms with E-state index >= 15 is 0 Å². The van der Waals surface area contributed by atoms with Gasteiger partial charge >= 0.3 is 12.2 Å². The van der Waals surface area contributed by atoms with Gasteiger partial charge < -0.3 is 59.9 Å². The Morgan fingerprint density at radius 1 is 0.438 bits per heavy atom. The van der Waals surface area contributed by atoms with Gasteiger partial charge in [0.1, 0.15) is 87.6 Å². The van der Waals surface area contributed by atoms with Crippen LogP contribution in [0.2, 0.25) is 0 Å². The molecule has 31 heteroatoms. The van der Waals surface area contributed by atoms with Gasteiger partial charge in [0.05, 0.1) is 33.2 Å². The molecule has 16 rings (SSSR count). The maximum atomic E-state index is 12.6. The van der Waals surface area contributed by atoms with Crippen molar-refractivity contribution in [1.82, 2.24) is 69.0 Å². The summed E-state index contributed by atoms with van der Waals surface area (Å²) in [6, 6.07) is 74.1. The van der Waals surface area contributed by atoms with Gasteiger partial charge in [-0.25, -0.2) is 53.5 Å². The highest BCUT2D eigenvalue weighted by Gasteiger charge is 2.27. The smallest absolute Gasteiger partial charge is 0.413 e. The van der Waals surface area contributed by atoms with Crippen molar-refractivity contribution in [1.29, 1.82) is 0 Å². The molecule has 128 heavy (non-hydrogen) atoms. The van der Waals surface area contributed by atoms with Crippen molar-refractivity contribution in [3.05, 3.63) is 280 Å². The highest BCUT2D eigenvalue weighted by atomic mass is 35.5. The molecule has 0 aliphatic carbocycles. The van der Waals surface area contributed by atoms with E-state index < -0.39 is 28.6 Å². The third-order valence-corrected chi connectivity index (χ3v) is 18.7. The number of hydrogen-bond acceptors (Lipinski definition) is 24. The van der Waals surface area contributed by atoms with Crippen molar-refractivity contribution >= 4 is 103 Å². The molecule has 30 nitrogen and oxygen atoms in total. The van der Waals surface area contributed by atoms with E-state index in [2.05, 4.69) is 45.9 Å². The number of aromatic nitrogens is 12. The summed E-state index contributed by atoms with van der Waals surface area (Å²) in [5.74, 6) is 5.18. The van der Waals surface area contributed by atoms with E-state index in [1.165, 1.54) is 37.9 Å². The fraction of sp³-hybridized carbons (Fsp3) is 0.206. The second-order valence-corrected chi connectivity index (χ2v) is 31.8. The van der Waals surface area contributed by atoms with Gasteiger partial charge in [-0.15, -0.1) is 0 Å². The number of ether oxygens (including phenoxy) is 6. The Labute approximate surface area is 746 Å². The molecule has 3 amide bonds. The predicted octanol–water partition coefficient (Wildman–Crippen LogP) is 19.5. The lowest BCUT2D eigenvalue weighted by atomic mass is 10.1. The number of nitrogens with one attached hydrogen (secondary N) is 3. The van der Waals surface area contributed by atoms with Crippen LogP contribution in [0.25, 0.3) is 83.9 Å². The molecule has 9 aromatic carbocycles. The quantitative estimate of drug-likeness (QED) is 0.0239. The zero-order valence-corrected chi connectivity index (χ0v) is 73.9. The third kappa shape index (κ3) is 25.7. The number of para-hydroxylation sites is 3. The van der Waals surface area contributed by atoms with Crippen LogP contribution in [0.4, 0.5) is 44.1 Å². The SMILES string of the molecule is C1CCOC1.CC(C)(C)OC(=O)Nc1ncnc2c1c(-c1ccc(Oc3ccccc3)cc1)nn2-c1ccc(N)cc1.CN(C)C/C=C/C(=O)Cl.CN(C)C/C=C/C(=O)N(C)c1ccc(-n2nc(-c3ccc(Oc4ccccc4)cc3)c3c(N)ncnc32)cc1.CNc1ccc(-n2nc(-c3ccc(Oc4ccccc4)cc3)c3c(NC(=O)OC(C)(C)C)ncnc32)cc1. The molecule has 0 radical (unpaired) electrons. The first-order valence-corrected chi connectivity index (χ1v) is 41.4. The molecule has 1 saturated heterocycles. The molecule has 7 N–H and O–H groups in total. The normalized spacial score (nSPS) is 11.8. The van der Waals surface area contributed by atoms with Gasteiger partial charge in [0.2, 0.25) is 11.1 Å². The number of rotatable bonds is 22. The molecule has 0 saturated carbocycles. The maximum Gasteiger partial charge on any atom is 0.413 e. The van der Waals surface area contributed by atoms with E-state index in [1.807, 2.05) is 276 Å². The topological polar surface area (TPSA) is 352 Å². The van der Waals surface area contributed by atoms with E-state index in [0.717, 1.165) is 82.1 Å². The first-order chi connectivity index (χ1) is 61.6. The van der Waals surface area contributed by atoms with Gasteiger partial charge in [0.15, 0.2) is 28.6 Å². The lowest BCUT2D eigenvalue weighted by Crippen LogP contribution is -2.27. The van der Waals surface area contributed by atoms with Crippen LogP contribution >= 0.6 is 11.6 Å². The predicted molar refractivity (Wildman–Crippen MR) is 504 cm³/mol. The van der Waals surface area contributed by atoms with E-state index in [1.54, 1.807) is 91.8 Å². The van der Waals surface area contributed by atoms with Crippen molar-refractivity contribution in [2.45, 2.75) is 65.6 Å². The second-order valence-electron chi connectivity index (χ2n) is 31.4. The molecule has 15 aromatic rings. The number of hydrogen-bond donors (Lipinski definition) is 5. The maximum absolute atomic E-state index is 12.6. The molecular formula is C97H101ClN20O10. The van der Waals surface area contributed by atoms with E-state index in [0.29, 0.717) is 97.1 Å². The number of amides is 3. The number of carbonyl (C=O) groups excluding carboxylic acids is 4. The average Bonchev–Trinajstić information content (AvgIpc) is 1.61. The lowest BCUT2D eigenvalue weighted by Gasteiger charge is -2.19.